The van der Waals surface area contributed by atoms with Gasteiger partial charge >= 0.3 is 0 Å². The van der Waals surface area contributed by atoms with E-state index in [1.807, 2.05) is 0 Å². The molecule has 1 unspecified atom stereocenters. The van der Waals surface area contributed by atoms with E-state index in [0.29, 0.717) is 0 Å². The zero-order valence-electron chi connectivity index (χ0n) is 13.0. The zero-order chi connectivity index (χ0) is 15.4. The molecule has 3 N–H and O–H groups in total. The summed E-state index contributed by atoms with van der Waals surface area (Å²) in [5.41, 5.74) is 11.1. The predicted molar refractivity (Wildman–Crippen MR) is 92.0 cm³/mol. The smallest absolute Gasteiger partial charge is 0.127 e. The Bertz CT molecular complexity index is 641. The van der Waals surface area contributed by atoms with E-state index in [4.69, 9.17) is 5.73 Å². The van der Waals surface area contributed by atoms with Crippen LogP contribution in [0.25, 0.3) is 0 Å². The van der Waals surface area contributed by atoms with Gasteiger partial charge in [0.1, 0.15) is 6.17 Å². The van der Waals surface area contributed by atoms with Crippen molar-refractivity contribution in [3.8, 4) is 0 Å². The van der Waals surface area contributed by atoms with Gasteiger partial charge in [0.25, 0.3) is 0 Å². The first-order valence-corrected chi connectivity index (χ1v) is 7.90. The molecule has 0 saturated heterocycles. The van der Waals surface area contributed by atoms with Gasteiger partial charge in [-0.25, -0.2) is 4.99 Å². The van der Waals surface area contributed by atoms with E-state index in [0.717, 1.165) is 31.6 Å². The Labute approximate surface area is 132 Å². The summed E-state index contributed by atoms with van der Waals surface area (Å²) in [6, 6.07) is 17.5. The van der Waals surface area contributed by atoms with Crippen molar-refractivity contribution in [2.45, 2.75) is 32.4 Å². The Hall–Kier alpha value is -2.13. The fourth-order valence-electron chi connectivity index (χ4n) is 2.72. The molecule has 1 aliphatic heterocycles. The van der Waals surface area contributed by atoms with Gasteiger partial charge < -0.3 is 5.73 Å². The van der Waals surface area contributed by atoms with Crippen LogP contribution in [0.15, 0.2) is 53.5 Å². The number of benzene rings is 2. The molecule has 0 radical (unpaired) electrons. The highest BCUT2D eigenvalue weighted by Crippen LogP contribution is 2.18. The molecule has 3 heteroatoms. The highest BCUT2D eigenvalue weighted by molar-refractivity contribution is 5.81. The van der Waals surface area contributed by atoms with Gasteiger partial charge in [0.2, 0.25) is 0 Å². The quantitative estimate of drug-likeness (QED) is 0.910. The first-order chi connectivity index (χ1) is 10.7. The molecule has 0 saturated carbocycles. The lowest BCUT2D eigenvalue weighted by molar-refractivity contribution is 0.539. The molecule has 0 aliphatic carbocycles. The van der Waals surface area contributed by atoms with E-state index in [1.54, 1.807) is 0 Å². The zero-order valence-corrected chi connectivity index (χ0v) is 13.0. The largest absolute Gasteiger partial charge is 0.387 e. The third-order valence-electron chi connectivity index (χ3n) is 4.13. The van der Waals surface area contributed by atoms with Crippen molar-refractivity contribution >= 4 is 5.84 Å². The van der Waals surface area contributed by atoms with Crippen molar-refractivity contribution in [1.82, 2.24) is 5.32 Å². The molecule has 2 aromatic carbocycles. The monoisotopic (exact) mass is 293 g/mol. The minimum Gasteiger partial charge on any atom is -0.387 e. The van der Waals surface area contributed by atoms with Crippen molar-refractivity contribution in [3.63, 3.8) is 0 Å². The summed E-state index contributed by atoms with van der Waals surface area (Å²) in [6.45, 7) is 3.02. The van der Waals surface area contributed by atoms with Crippen LogP contribution in [-0.4, -0.2) is 12.4 Å². The van der Waals surface area contributed by atoms with E-state index in [2.05, 4.69) is 65.8 Å². The van der Waals surface area contributed by atoms with Crippen LogP contribution in [0.5, 0.6) is 0 Å². The van der Waals surface area contributed by atoms with Gasteiger partial charge in [-0.15, -0.1) is 0 Å². The molecule has 0 spiro atoms. The van der Waals surface area contributed by atoms with Gasteiger partial charge in [0, 0.05) is 13.0 Å². The average Bonchev–Trinajstić information content (AvgIpc) is 2.55. The Balaban J connectivity index is 1.62. The van der Waals surface area contributed by atoms with Crippen LogP contribution in [0, 0.1) is 6.92 Å². The number of aliphatic imine (C=N–C) groups is 1. The molecular formula is C19H23N3. The molecule has 3 rings (SSSR count). The molecule has 1 aliphatic rings. The van der Waals surface area contributed by atoms with Gasteiger partial charge in [0.05, 0.1) is 5.84 Å². The maximum Gasteiger partial charge on any atom is 0.127 e. The summed E-state index contributed by atoms with van der Waals surface area (Å²) < 4.78 is 0. The molecule has 0 aromatic heterocycles. The topological polar surface area (TPSA) is 50.4 Å². The summed E-state index contributed by atoms with van der Waals surface area (Å²) in [5.74, 6) is 0.743. The molecule has 1 heterocycles. The van der Waals surface area contributed by atoms with Crippen molar-refractivity contribution in [3.05, 3.63) is 70.8 Å². The number of amidine groups is 1. The molecule has 22 heavy (non-hydrogen) atoms. The van der Waals surface area contributed by atoms with Gasteiger partial charge in [-0.1, -0.05) is 54.1 Å². The summed E-state index contributed by atoms with van der Waals surface area (Å²) in [7, 11) is 0. The van der Waals surface area contributed by atoms with Crippen LogP contribution in [0.3, 0.4) is 0 Å². The molecule has 1 atom stereocenters. The Morgan fingerprint density at radius 1 is 1.00 bits per heavy atom. The second-order valence-corrected chi connectivity index (χ2v) is 5.95. The lowest BCUT2D eigenvalue weighted by Gasteiger charge is -2.20. The molecule has 0 amide bonds. The number of nitrogens with zero attached hydrogens (tertiary/aromatic N) is 1. The standard InChI is InChI=1S/C19H23N3/c1-14-2-4-15(5-3-14)6-7-16-8-10-17(11-9-16)19-21-13-12-18(20)22-19/h2-5,8-11,19,21H,6-7,12-13H2,1H3,(H2,20,22). The number of nitrogens with one attached hydrogen (secondary N) is 1. The second kappa shape index (κ2) is 6.75. The van der Waals surface area contributed by atoms with E-state index < -0.39 is 0 Å². The van der Waals surface area contributed by atoms with Crippen molar-refractivity contribution in [2.24, 2.45) is 10.7 Å². The number of aryl methyl sites for hydroxylation is 3. The summed E-state index contributed by atoms with van der Waals surface area (Å²) >= 11 is 0. The lowest BCUT2D eigenvalue weighted by atomic mass is 10.0. The maximum absolute atomic E-state index is 5.83. The van der Waals surface area contributed by atoms with Crippen LogP contribution in [0.2, 0.25) is 0 Å². The van der Waals surface area contributed by atoms with Gasteiger partial charge in [-0.05, 0) is 36.5 Å². The van der Waals surface area contributed by atoms with Crippen LogP contribution < -0.4 is 11.1 Å². The minimum atomic E-state index is 0.0138. The number of nitrogens with two attached hydrogens (primary N) is 1. The van der Waals surface area contributed by atoms with Crippen LogP contribution >= 0.6 is 0 Å². The second-order valence-electron chi connectivity index (χ2n) is 5.95. The lowest BCUT2D eigenvalue weighted by Crippen LogP contribution is -2.32. The predicted octanol–water partition coefficient (Wildman–Crippen LogP) is 3.13. The van der Waals surface area contributed by atoms with Gasteiger partial charge in [0.15, 0.2) is 0 Å². The van der Waals surface area contributed by atoms with E-state index in [-0.39, 0.29) is 6.17 Å². The maximum atomic E-state index is 5.83. The third-order valence-corrected chi connectivity index (χ3v) is 4.13. The molecule has 0 fully saturated rings. The first-order valence-electron chi connectivity index (χ1n) is 7.90. The SMILES string of the molecule is Cc1ccc(CCc2ccc(C3N=C(N)CCN3)cc2)cc1. The highest BCUT2D eigenvalue weighted by atomic mass is 15.1. The van der Waals surface area contributed by atoms with Gasteiger partial charge in [-0.3, -0.25) is 5.32 Å². The average molecular weight is 293 g/mol. The van der Waals surface area contributed by atoms with Crippen molar-refractivity contribution in [2.75, 3.05) is 6.54 Å². The fourth-order valence-corrected chi connectivity index (χ4v) is 2.72. The Morgan fingerprint density at radius 3 is 2.18 bits per heavy atom. The normalized spacial score (nSPS) is 18.0. The third kappa shape index (κ3) is 3.74. The van der Waals surface area contributed by atoms with Crippen LogP contribution in [0.1, 0.15) is 34.8 Å². The number of rotatable bonds is 4. The molecular weight excluding hydrogens is 270 g/mol. The minimum absolute atomic E-state index is 0.0138. The number of hydrogen-bond donors (Lipinski definition) is 2. The van der Waals surface area contributed by atoms with Crippen molar-refractivity contribution < 1.29 is 0 Å². The summed E-state index contributed by atoms with van der Waals surface area (Å²) in [5, 5.41) is 3.38. The summed E-state index contributed by atoms with van der Waals surface area (Å²) in [4.78, 5) is 4.47. The fraction of sp³-hybridized carbons (Fsp3) is 0.316. The molecule has 0 bridgehead atoms. The Kier molecular flexibility index (Phi) is 4.54. The van der Waals surface area contributed by atoms with Crippen LogP contribution in [0.4, 0.5) is 0 Å². The first kappa shape index (κ1) is 14.8. The molecule has 3 nitrogen and oxygen atoms in total. The molecule has 114 valence electrons. The summed E-state index contributed by atoms with van der Waals surface area (Å²) in [6.07, 6.45) is 2.99. The highest BCUT2D eigenvalue weighted by Gasteiger charge is 2.14. The van der Waals surface area contributed by atoms with E-state index >= 15 is 0 Å². The van der Waals surface area contributed by atoms with E-state index in [9.17, 15) is 0 Å². The van der Waals surface area contributed by atoms with Gasteiger partial charge in [-0.2, -0.15) is 0 Å². The Morgan fingerprint density at radius 2 is 1.59 bits per heavy atom. The van der Waals surface area contributed by atoms with Crippen molar-refractivity contribution in [1.29, 1.82) is 0 Å². The van der Waals surface area contributed by atoms with E-state index in [1.165, 1.54) is 22.3 Å². The molecule has 2 aromatic rings. The van der Waals surface area contributed by atoms with Crippen LogP contribution in [-0.2, 0) is 12.8 Å². The number of hydrogen-bond acceptors (Lipinski definition) is 3.